The molecule has 0 aromatic carbocycles. The number of rotatable bonds is 0. The van der Waals surface area contributed by atoms with E-state index >= 15 is 0 Å². The molecule has 0 saturated carbocycles. The Kier molecular flexibility index (Phi) is 240. The van der Waals surface area contributed by atoms with E-state index in [4.69, 9.17) is 0 Å². The Morgan fingerprint density at radius 1 is 0.600 bits per heavy atom. The van der Waals surface area contributed by atoms with Crippen molar-refractivity contribution in [1.82, 2.24) is 0 Å². The molecule has 0 atom stereocenters. The van der Waals surface area contributed by atoms with Crippen molar-refractivity contribution < 1.29 is 104 Å². The van der Waals surface area contributed by atoms with Crippen molar-refractivity contribution >= 4 is 0 Å². The maximum atomic E-state index is 0. The molecule has 0 aliphatic rings. The normalized spacial score (nSPS) is 0. The average Bonchev–Trinajstić information content (AvgIpc) is 0. The van der Waals surface area contributed by atoms with E-state index in [-0.39, 0.29) is 104 Å². The minimum atomic E-state index is 0. The molecule has 0 spiro atoms. The molecule has 5 heteroatoms. The van der Waals surface area contributed by atoms with Gasteiger partial charge in [-0.2, -0.15) is 0 Å². The van der Waals surface area contributed by atoms with Gasteiger partial charge in [0.05, 0.1) is 0 Å². The topological polar surface area (TPSA) is 30.0 Å². The van der Waals surface area contributed by atoms with Gasteiger partial charge in [-0.15, -0.1) is 0 Å². The van der Waals surface area contributed by atoms with Crippen molar-refractivity contribution in [3.63, 3.8) is 0 Å². The number of hydrogen-bond donors (Lipinski definition) is 0. The molecule has 0 amide bonds. The summed E-state index contributed by atoms with van der Waals surface area (Å²) in [7, 11) is 0. The second-order valence-electron chi connectivity index (χ2n) is 0. The molecule has 0 aromatic rings. The summed E-state index contributed by atoms with van der Waals surface area (Å²) in [6, 6.07) is 0. The largest absolute Gasteiger partial charge is 4.00 e. The summed E-state index contributed by atoms with van der Waals surface area (Å²) in [6.45, 7) is 0. The monoisotopic (exact) mass is 488 g/mol. The van der Waals surface area contributed by atoms with Crippen molar-refractivity contribution in [1.29, 1.82) is 0 Å². The molecule has 0 radical (unpaired) electrons. The van der Waals surface area contributed by atoms with Crippen molar-refractivity contribution in [3.05, 3.63) is 0 Å². The van der Waals surface area contributed by atoms with Crippen LogP contribution in [0.15, 0.2) is 0 Å². The summed E-state index contributed by atoms with van der Waals surface area (Å²) in [6.07, 6.45) is 0. The van der Waals surface area contributed by atoms with Crippen LogP contribution in [0.4, 0.5) is 0 Å². The molecule has 1 nitrogen and oxygen atoms in total. The van der Waals surface area contributed by atoms with E-state index < -0.39 is 0 Å². The predicted octanol–water partition coefficient (Wildman–Crippen LogP) is -9.17. The summed E-state index contributed by atoms with van der Waals surface area (Å²) in [5, 5.41) is 0. The van der Waals surface area contributed by atoms with E-state index in [1.807, 2.05) is 0 Å². The SMILES string of the molecule is [I-].[I-].[I-].[OH-].[Zr+4]. The zero-order valence-corrected chi connectivity index (χ0v) is 11.0. The molecule has 0 bridgehead atoms. The first-order valence-electron chi connectivity index (χ1n) is 0. The molecule has 1 N–H and O–H groups in total. The van der Waals surface area contributed by atoms with Gasteiger partial charge in [-0.3, -0.25) is 0 Å². The van der Waals surface area contributed by atoms with Crippen LogP contribution in [0, 0.1) is 0 Å². The summed E-state index contributed by atoms with van der Waals surface area (Å²) >= 11 is 0. The van der Waals surface area contributed by atoms with Gasteiger partial charge in [0.15, 0.2) is 0 Å². The van der Waals surface area contributed by atoms with Gasteiger partial charge in [0.2, 0.25) is 0 Å². The van der Waals surface area contributed by atoms with E-state index in [0.29, 0.717) is 0 Å². The van der Waals surface area contributed by atoms with Gasteiger partial charge in [0.25, 0.3) is 0 Å². The maximum Gasteiger partial charge on any atom is 4.00 e. The summed E-state index contributed by atoms with van der Waals surface area (Å²) in [5.74, 6) is 0. The van der Waals surface area contributed by atoms with Crippen LogP contribution in [0.2, 0.25) is 0 Å². The van der Waals surface area contributed by atoms with Crippen molar-refractivity contribution in [3.8, 4) is 0 Å². The Bertz CT molecular complexity index is 6.85. The predicted molar refractivity (Wildman–Crippen MR) is 1.94 cm³/mol. The summed E-state index contributed by atoms with van der Waals surface area (Å²) in [4.78, 5) is 0. The molecule has 0 heterocycles. The van der Waals surface area contributed by atoms with E-state index in [1.54, 1.807) is 0 Å². The quantitative estimate of drug-likeness (QED) is 0.312. The second-order valence-corrected chi connectivity index (χ2v) is 0. The Hall–Kier alpha value is 3.03. The van der Waals surface area contributed by atoms with Gasteiger partial charge in [-0.25, -0.2) is 0 Å². The molecule has 32 valence electrons. The minimum absolute atomic E-state index is 0. The van der Waals surface area contributed by atoms with Gasteiger partial charge in [-0.05, 0) is 0 Å². The zero-order chi connectivity index (χ0) is 0. The van der Waals surface area contributed by atoms with Crippen LogP contribution < -0.4 is 71.9 Å². The molecule has 0 saturated heterocycles. The Morgan fingerprint density at radius 3 is 0.600 bits per heavy atom. The first-order chi connectivity index (χ1) is 0. The fraction of sp³-hybridized carbons (Fsp3) is 0. The van der Waals surface area contributed by atoms with E-state index in [1.165, 1.54) is 0 Å². The van der Waals surface area contributed by atoms with Gasteiger partial charge < -0.3 is 77.4 Å². The molecular formula is HI3OZr. The third-order valence-electron chi connectivity index (χ3n) is 0. The second kappa shape index (κ2) is 27.8. The van der Waals surface area contributed by atoms with Crippen LogP contribution in [0.25, 0.3) is 0 Å². The standard InChI is InChI=1S/3HI.H2O.Zr/h3*1H;1H2;/q;;;;+4/p-4. The molecule has 0 aliphatic heterocycles. The Morgan fingerprint density at radius 2 is 0.600 bits per heavy atom. The fourth-order valence-corrected chi connectivity index (χ4v) is 0. The first-order valence-corrected chi connectivity index (χ1v) is 0. The summed E-state index contributed by atoms with van der Waals surface area (Å²) < 4.78 is 0. The molecule has 0 aromatic heterocycles. The maximum absolute atomic E-state index is 0. The smallest absolute Gasteiger partial charge is 1.00 e. The molecule has 0 fully saturated rings. The van der Waals surface area contributed by atoms with Crippen LogP contribution in [0.1, 0.15) is 0 Å². The third-order valence-corrected chi connectivity index (χ3v) is 0. The summed E-state index contributed by atoms with van der Waals surface area (Å²) in [5.41, 5.74) is 0. The average molecular weight is 489 g/mol. The van der Waals surface area contributed by atoms with Gasteiger partial charge in [-0.1, -0.05) is 0 Å². The Balaban J connectivity index is 0. The molecule has 0 rings (SSSR count). The van der Waals surface area contributed by atoms with Crippen LogP contribution >= 0.6 is 0 Å². The van der Waals surface area contributed by atoms with Crippen molar-refractivity contribution in [2.75, 3.05) is 0 Å². The van der Waals surface area contributed by atoms with Crippen LogP contribution in [0.3, 0.4) is 0 Å². The van der Waals surface area contributed by atoms with Gasteiger partial charge in [0.1, 0.15) is 0 Å². The van der Waals surface area contributed by atoms with E-state index in [0.717, 1.165) is 0 Å². The van der Waals surface area contributed by atoms with Gasteiger partial charge in [0, 0.05) is 0 Å². The molecule has 5 heavy (non-hydrogen) atoms. The van der Waals surface area contributed by atoms with Crippen LogP contribution in [0.5, 0.6) is 0 Å². The molecule has 0 unspecified atom stereocenters. The number of halogens is 3. The molecule has 0 aliphatic carbocycles. The van der Waals surface area contributed by atoms with E-state index in [9.17, 15) is 0 Å². The van der Waals surface area contributed by atoms with Crippen LogP contribution in [-0.4, -0.2) is 5.48 Å². The van der Waals surface area contributed by atoms with Crippen molar-refractivity contribution in [2.45, 2.75) is 0 Å². The van der Waals surface area contributed by atoms with Gasteiger partial charge >= 0.3 is 26.2 Å². The zero-order valence-electron chi connectivity index (χ0n) is 2.08. The third kappa shape index (κ3) is 19.4. The first kappa shape index (κ1) is 43.2. The van der Waals surface area contributed by atoms with Crippen molar-refractivity contribution in [2.24, 2.45) is 0 Å². The van der Waals surface area contributed by atoms with Crippen LogP contribution in [-0.2, 0) is 26.2 Å². The molecular weight excluding hydrogens is 488 g/mol. The van der Waals surface area contributed by atoms with E-state index in [2.05, 4.69) is 0 Å². The Labute approximate surface area is 102 Å². The number of hydrogen-bond acceptors (Lipinski definition) is 1. The fourth-order valence-electron chi connectivity index (χ4n) is 0. The minimum Gasteiger partial charge on any atom is -1.00 e.